The predicted molar refractivity (Wildman–Crippen MR) is 62.4 cm³/mol. The lowest BCUT2D eigenvalue weighted by Crippen LogP contribution is -2.41. The molecule has 1 aliphatic carbocycles. The van der Waals surface area contributed by atoms with Crippen LogP contribution in [0.1, 0.15) is 32.1 Å². The fourth-order valence-corrected chi connectivity index (χ4v) is 3.18. The molecule has 3 fully saturated rings. The van der Waals surface area contributed by atoms with Crippen molar-refractivity contribution in [1.29, 1.82) is 0 Å². The highest BCUT2D eigenvalue weighted by Gasteiger charge is 2.45. The molecule has 0 aromatic rings. The Kier molecular flexibility index (Phi) is 2.87. The minimum Gasteiger partial charge on any atom is -0.391 e. The lowest BCUT2D eigenvalue weighted by Gasteiger charge is -2.26. The molecule has 2 heterocycles. The van der Waals surface area contributed by atoms with E-state index in [9.17, 15) is 9.90 Å². The van der Waals surface area contributed by atoms with Gasteiger partial charge in [-0.25, -0.2) is 0 Å². The van der Waals surface area contributed by atoms with Gasteiger partial charge in [0.2, 0.25) is 5.91 Å². The van der Waals surface area contributed by atoms with E-state index in [1.54, 1.807) is 11.9 Å². The number of carbonyl (C=O) groups is 1. The van der Waals surface area contributed by atoms with Crippen molar-refractivity contribution in [3.63, 3.8) is 0 Å². The topological polar surface area (TPSA) is 49.8 Å². The Morgan fingerprint density at radius 2 is 2.18 bits per heavy atom. The van der Waals surface area contributed by atoms with Gasteiger partial charge in [-0.2, -0.15) is 0 Å². The minimum absolute atomic E-state index is 0.0464. The molecule has 0 spiro atoms. The molecule has 1 saturated carbocycles. The molecule has 0 radical (unpaired) electrons. The number of aliphatic hydroxyl groups excluding tert-OH is 1. The zero-order valence-electron chi connectivity index (χ0n) is 10.3. The van der Waals surface area contributed by atoms with Gasteiger partial charge < -0.3 is 14.7 Å². The SMILES string of the molecule is CN(CC(O)C1CC1)C(=O)C1CC2CCC1O2. The van der Waals surface area contributed by atoms with Crippen LogP contribution in [0.25, 0.3) is 0 Å². The number of ether oxygens (including phenoxy) is 1. The first kappa shape index (κ1) is 11.5. The minimum atomic E-state index is -0.330. The second-order valence-corrected chi connectivity index (χ2v) is 5.84. The lowest BCUT2D eigenvalue weighted by atomic mass is 9.88. The average Bonchev–Trinajstić information content (AvgIpc) is 2.97. The van der Waals surface area contributed by atoms with E-state index in [0.717, 1.165) is 32.1 Å². The monoisotopic (exact) mass is 239 g/mol. The van der Waals surface area contributed by atoms with Gasteiger partial charge in [0, 0.05) is 13.6 Å². The Morgan fingerprint density at radius 3 is 2.71 bits per heavy atom. The second-order valence-electron chi connectivity index (χ2n) is 5.84. The lowest BCUT2D eigenvalue weighted by molar-refractivity contribution is -0.137. The summed E-state index contributed by atoms with van der Waals surface area (Å²) in [7, 11) is 1.81. The summed E-state index contributed by atoms with van der Waals surface area (Å²) in [5, 5.41) is 9.86. The van der Waals surface area contributed by atoms with Gasteiger partial charge in [-0.3, -0.25) is 4.79 Å². The number of amides is 1. The molecule has 3 rings (SSSR count). The van der Waals surface area contributed by atoms with Crippen LogP contribution in [-0.2, 0) is 9.53 Å². The van der Waals surface area contributed by atoms with Crippen molar-refractivity contribution in [1.82, 2.24) is 4.90 Å². The molecule has 0 aromatic carbocycles. The molecule has 96 valence electrons. The highest BCUT2D eigenvalue weighted by Crippen LogP contribution is 2.39. The number of rotatable bonds is 4. The smallest absolute Gasteiger partial charge is 0.228 e. The molecule has 4 unspecified atom stereocenters. The number of nitrogens with zero attached hydrogens (tertiary/aromatic N) is 1. The van der Waals surface area contributed by atoms with Crippen LogP contribution >= 0.6 is 0 Å². The van der Waals surface area contributed by atoms with Gasteiger partial charge in [-0.15, -0.1) is 0 Å². The summed E-state index contributed by atoms with van der Waals surface area (Å²) >= 11 is 0. The van der Waals surface area contributed by atoms with Gasteiger partial charge in [0.05, 0.1) is 24.2 Å². The Bertz CT molecular complexity index is 316. The van der Waals surface area contributed by atoms with Crippen LogP contribution in [0.4, 0.5) is 0 Å². The normalized spacial score (nSPS) is 37.2. The summed E-state index contributed by atoms with van der Waals surface area (Å²) in [5.74, 6) is 0.642. The number of fused-ring (bicyclic) bond motifs is 2. The maximum Gasteiger partial charge on any atom is 0.228 e. The fourth-order valence-electron chi connectivity index (χ4n) is 3.18. The fraction of sp³-hybridized carbons (Fsp3) is 0.923. The van der Waals surface area contributed by atoms with Crippen LogP contribution in [0.2, 0.25) is 0 Å². The van der Waals surface area contributed by atoms with E-state index >= 15 is 0 Å². The van der Waals surface area contributed by atoms with Gasteiger partial charge in [0.25, 0.3) is 0 Å². The van der Waals surface area contributed by atoms with Crippen molar-refractivity contribution in [2.24, 2.45) is 11.8 Å². The van der Waals surface area contributed by atoms with E-state index in [4.69, 9.17) is 4.74 Å². The first-order valence-corrected chi connectivity index (χ1v) is 6.73. The molecular weight excluding hydrogens is 218 g/mol. The number of carbonyl (C=O) groups excluding carboxylic acids is 1. The van der Waals surface area contributed by atoms with E-state index in [0.29, 0.717) is 18.6 Å². The van der Waals surface area contributed by atoms with Crippen molar-refractivity contribution >= 4 is 5.91 Å². The van der Waals surface area contributed by atoms with Crippen molar-refractivity contribution < 1.29 is 14.6 Å². The summed E-state index contributed by atoms with van der Waals surface area (Å²) < 4.78 is 5.71. The summed E-state index contributed by atoms with van der Waals surface area (Å²) in [6, 6.07) is 0. The van der Waals surface area contributed by atoms with Gasteiger partial charge in [0.15, 0.2) is 0 Å². The number of likely N-dealkylation sites (N-methyl/N-ethyl adjacent to an activating group) is 1. The summed E-state index contributed by atoms with van der Waals surface area (Å²) in [5.41, 5.74) is 0. The molecule has 4 heteroatoms. The van der Waals surface area contributed by atoms with E-state index in [-0.39, 0.29) is 24.0 Å². The number of aliphatic hydroxyl groups is 1. The Balaban J connectivity index is 1.54. The molecule has 2 bridgehead atoms. The third-order valence-corrected chi connectivity index (χ3v) is 4.43. The summed E-state index contributed by atoms with van der Waals surface area (Å²) in [6.45, 7) is 0.484. The molecule has 4 nitrogen and oxygen atoms in total. The van der Waals surface area contributed by atoms with Gasteiger partial charge >= 0.3 is 0 Å². The molecule has 2 saturated heterocycles. The van der Waals surface area contributed by atoms with E-state index in [2.05, 4.69) is 0 Å². The molecule has 2 aliphatic heterocycles. The first-order valence-electron chi connectivity index (χ1n) is 6.73. The largest absolute Gasteiger partial charge is 0.391 e. The van der Waals surface area contributed by atoms with E-state index < -0.39 is 0 Å². The molecule has 1 N–H and O–H groups in total. The Hall–Kier alpha value is -0.610. The van der Waals surface area contributed by atoms with Gasteiger partial charge in [-0.1, -0.05) is 0 Å². The van der Waals surface area contributed by atoms with Crippen LogP contribution < -0.4 is 0 Å². The summed E-state index contributed by atoms with van der Waals surface area (Å²) in [4.78, 5) is 14.0. The second kappa shape index (κ2) is 4.25. The number of hydrogen-bond acceptors (Lipinski definition) is 3. The van der Waals surface area contributed by atoms with E-state index in [1.807, 2.05) is 0 Å². The number of hydrogen-bond donors (Lipinski definition) is 1. The standard InChI is InChI=1S/C13H21NO3/c1-14(7-11(15)8-2-3-8)13(16)10-6-9-4-5-12(10)17-9/h8-12,15H,2-7H2,1H3. The zero-order valence-corrected chi connectivity index (χ0v) is 10.3. The molecule has 4 atom stereocenters. The molecular formula is C13H21NO3. The zero-order chi connectivity index (χ0) is 12.0. The first-order chi connectivity index (χ1) is 8.15. The highest BCUT2D eigenvalue weighted by molar-refractivity contribution is 5.79. The third kappa shape index (κ3) is 2.20. The van der Waals surface area contributed by atoms with Crippen LogP contribution in [0, 0.1) is 11.8 Å². The molecule has 0 aromatic heterocycles. The van der Waals surface area contributed by atoms with Crippen molar-refractivity contribution in [2.75, 3.05) is 13.6 Å². The van der Waals surface area contributed by atoms with Crippen molar-refractivity contribution in [3.8, 4) is 0 Å². The third-order valence-electron chi connectivity index (χ3n) is 4.43. The van der Waals surface area contributed by atoms with Crippen LogP contribution in [-0.4, -0.2) is 47.8 Å². The van der Waals surface area contributed by atoms with Crippen LogP contribution in [0.5, 0.6) is 0 Å². The quantitative estimate of drug-likeness (QED) is 0.789. The summed E-state index contributed by atoms with van der Waals surface area (Å²) in [6.07, 6.45) is 5.38. The Morgan fingerprint density at radius 1 is 1.41 bits per heavy atom. The van der Waals surface area contributed by atoms with Crippen LogP contribution in [0.15, 0.2) is 0 Å². The van der Waals surface area contributed by atoms with Crippen molar-refractivity contribution in [3.05, 3.63) is 0 Å². The maximum absolute atomic E-state index is 12.2. The molecule has 3 aliphatic rings. The molecule has 1 amide bonds. The predicted octanol–water partition coefficient (Wildman–Crippen LogP) is 0.783. The van der Waals surface area contributed by atoms with Crippen LogP contribution in [0.3, 0.4) is 0 Å². The highest BCUT2D eigenvalue weighted by atomic mass is 16.5. The van der Waals surface area contributed by atoms with Crippen molar-refractivity contribution in [2.45, 2.75) is 50.4 Å². The van der Waals surface area contributed by atoms with Gasteiger partial charge in [0.1, 0.15) is 0 Å². The van der Waals surface area contributed by atoms with Gasteiger partial charge in [-0.05, 0) is 38.0 Å². The average molecular weight is 239 g/mol. The molecule has 17 heavy (non-hydrogen) atoms. The maximum atomic E-state index is 12.2. The van der Waals surface area contributed by atoms with E-state index in [1.165, 1.54) is 0 Å². The Labute approximate surface area is 102 Å².